The Balaban J connectivity index is 2.70. The molecule has 0 radical (unpaired) electrons. The first-order valence-electron chi connectivity index (χ1n) is 3.68. The van der Waals surface area contributed by atoms with Gasteiger partial charge in [0.2, 0.25) is 0 Å². The Labute approximate surface area is 69.5 Å². The van der Waals surface area contributed by atoms with Gasteiger partial charge < -0.3 is 20.4 Å². The van der Waals surface area contributed by atoms with E-state index < -0.39 is 30.3 Å². The maximum atomic E-state index is 9.21. The van der Waals surface area contributed by atoms with Crippen molar-refractivity contribution in [2.24, 2.45) is 5.92 Å². The van der Waals surface area contributed by atoms with Crippen molar-refractivity contribution in [3.63, 3.8) is 0 Å². The van der Waals surface area contributed by atoms with Crippen LogP contribution in [-0.2, 0) is 0 Å². The van der Waals surface area contributed by atoms with E-state index >= 15 is 0 Å². The van der Waals surface area contributed by atoms with E-state index in [-0.39, 0.29) is 6.42 Å². The van der Waals surface area contributed by atoms with Crippen molar-refractivity contribution in [2.75, 3.05) is 0 Å². The van der Waals surface area contributed by atoms with E-state index in [1.54, 1.807) is 6.07 Å². The predicted molar refractivity (Wildman–Crippen MR) is 37.7 cm³/mol. The van der Waals surface area contributed by atoms with Gasteiger partial charge in [0.05, 0.1) is 18.3 Å². The van der Waals surface area contributed by atoms with Crippen molar-refractivity contribution in [1.29, 1.82) is 5.26 Å². The highest BCUT2D eigenvalue weighted by atomic mass is 16.4. The number of hydrogen-bond acceptors (Lipinski definition) is 5. The average molecular weight is 173 g/mol. The average Bonchev–Trinajstić information content (AvgIpc) is 2.23. The fourth-order valence-electron chi connectivity index (χ4n) is 1.46. The van der Waals surface area contributed by atoms with Gasteiger partial charge in [-0.15, -0.1) is 0 Å². The first kappa shape index (κ1) is 9.42. The summed E-state index contributed by atoms with van der Waals surface area (Å²) in [6.45, 7) is 0. The van der Waals surface area contributed by atoms with E-state index in [4.69, 9.17) is 15.5 Å². The largest absolute Gasteiger partial charge is 0.390 e. The molecule has 4 N–H and O–H groups in total. The second-order valence-electron chi connectivity index (χ2n) is 2.99. The van der Waals surface area contributed by atoms with Crippen LogP contribution in [0.3, 0.4) is 0 Å². The smallest absolute Gasteiger partial charge is 0.109 e. The number of aliphatic hydroxyl groups excluding tert-OH is 4. The van der Waals surface area contributed by atoms with Crippen molar-refractivity contribution in [3.8, 4) is 6.07 Å². The fourth-order valence-corrected chi connectivity index (χ4v) is 1.46. The minimum atomic E-state index is -1.35. The van der Waals surface area contributed by atoms with Gasteiger partial charge in [-0.2, -0.15) is 5.26 Å². The standard InChI is InChI=1S/C7H11NO4/c8-2-1-3-4(9)6(11)7(12)5(3)10/h3-7,9-12H,1H2/t3?,4-,5+,6-,7+. The van der Waals surface area contributed by atoms with Crippen LogP contribution in [0.1, 0.15) is 6.42 Å². The topological polar surface area (TPSA) is 105 Å². The molecule has 0 aromatic rings. The Morgan fingerprint density at radius 2 is 1.33 bits per heavy atom. The first-order chi connectivity index (χ1) is 5.59. The molecule has 1 aliphatic rings. The van der Waals surface area contributed by atoms with E-state index in [0.29, 0.717) is 0 Å². The van der Waals surface area contributed by atoms with Crippen LogP contribution < -0.4 is 0 Å². The highest BCUT2D eigenvalue weighted by molar-refractivity contribution is 5.00. The zero-order valence-electron chi connectivity index (χ0n) is 6.33. The summed E-state index contributed by atoms with van der Waals surface area (Å²) in [5.74, 6) is -0.750. The summed E-state index contributed by atoms with van der Waals surface area (Å²) in [5, 5.41) is 44.8. The van der Waals surface area contributed by atoms with E-state index in [1.165, 1.54) is 0 Å². The van der Waals surface area contributed by atoms with Gasteiger partial charge in [0.1, 0.15) is 12.2 Å². The SMILES string of the molecule is N#CCC1[C@@H](O)[C@@H](O)[C@@H](O)[C@H]1O. The Morgan fingerprint density at radius 3 is 1.67 bits per heavy atom. The van der Waals surface area contributed by atoms with Crippen LogP contribution in [0.5, 0.6) is 0 Å². The summed E-state index contributed by atoms with van der Waals surface area (Å²) in [5.41, 5.74) is 0. The molecule has 0 aromatic heterocycles. The minimum Gasteiger partial charge on any atom is -0.390 e. The zero-order valence-corrected chi connectivity index (χ0v) is 6.33. The molecule has 68 valence electrons. The summed E-state index contributed by atoms with van der Waals surface area (Å²) < 4.78 is 0. The third-order valence-corrected chi connectivity index (χ3v) is 2.25. The molecule has 0 saturated heterocycles. The van der Waals surface area contributed by atoms with Gasteiger partial charge in [0.25, 0.3) is 0 Å². The lowest BCUT2D eigenvalue weighted by molar-refractivity contribution is -0.0413. The third kappa shape index (κ3) is 1.30. The molecule has 5 heteroatoms. The molecule has 0 bridgehead atoms. The Morgan fingerprint density at radius 1 is 0.917 bits per heavy atom. The third-order valence-electron chi connectivity index (χ3n) is 2.25. The predicted octanol–water partition coefficient (Wildman–Crippen LogP) is -2.03. The van der Waals surface area contributed by atoms with Crippen LogP contribution >= 0.6 is 0 Å². The number of rotatable bonds is 1. The Kier molecular flexibility index (Phi) is 2.65. The van der Waals surface area contributed by atoms with Crippen molar-refractivity contribution in [3.05, 3.63) is 0 Å². The van der Waals surface area contributed by atoms with Gasteiger partial charge in [-0.3, -0.25) is 0 Å². The second kappa shape index (κ2) is 3.37. The first-order valence-corrected chi connectivity index (χ1v) is 3.68. The van der Waals surface area contributed by atoms with E-state index in [1.807, 2.05) is 0 Å². The van der Waals surface area contributed by atoms with Crippen LogP contribution in [0.4, 0.5) is 0 Å². The number of nitriles is 1. The van der Waals surface area contributed by atoms with Gasteiger partial charge in [-0.25, -0.2) is 0 Å². The minimum absolute atomic E-state index is 0.0730. The molecule has 0 aliphatic heterocycles. The maximum absolute atomic E-state index is 9.21. The Bertz CT molecular complexity index is 188. The van der Waals surface area contributed by atoms with Gasteiger partial charge in [0.15, 0.2) is 0 Å². The molecule has 1 fully saturated rings. The van der Waals surface area contributed by atoms with Crippen LogP contribution in [0, 0.1) is 17.2 Å². The molecule has 5 atom stereocenters. The van der Waals surface area contributed by atoms with Crippen LogP contribution in [0.25, 0.3) is 0 Å². The van der Waals surface area contributed by atoms with Gasteiger partial charge in [0, 0.05) is 12.3 Å². The molecule has 1 unspecified atom stereocenters. The molecule has 0 aromatic carbocycles. The van der Waals surface area contributed by atoms with Crippen molar-refractivity contribution < 1.29 is 20.4 Å². The summed E-state index contributed by atoms with van der Waals surface area (Å²) in [4.78, 5) is 0. The van der Waals surface area contributed by atoms with Crippen LogP contribution in [0.2, 0.25) is 0 Å². The fraction of sp³-hybridized carbons (Fsp3) is 0.857. The molecule has 0 spiro atoms. The lowest BCUT2D eigenvalue weighted by atomic mass is 10.0. The highest BCUT2D eigenvalue weighted by Gasteiger charge is 2.47. The quantitative estimate of drug-likeness (QED) is 0.366. The summed E-state index contributed by atoms with van der Waals surface area (Å²) in [7, 11) is 0. The van der Waals surface area contributed by atoms with Gasteiger partial charge >= 0.3 is 0 Å². The second-order valence-corrected chi connectivity index (χ2v) is 2.99. The Hall–Kier alpha value is -0.670. The molecule has 5 nitrogen and oxygen atoms in total. The maximum Gasteiger partial charge on any atom is 0.109 e. The normalized spacial score (nSPS) is 47.4. The number of hydrogen-bond donors (Lipinski definition) is 4. The van der Waals surface area contributed by atoms with E-state index in [0.717, 1.165) is 0 Å². The lowest BCUT2D eigenvalue weighted by Gasteiger charge is -2.13. The number of aliphatic hydroxyl groups is 4. The van der Waals surface area contributed by atoms with Gasteiger partial charge in [-0.05, 0) is 0 Å². The lowest BCUT2D eigenvalue weighted by Crippen LogP contribution is -2.32. The molecular formula is C7H11NO4. The molecule has 1 saturated carbocycles. The van der Waals surface area contributed by atoms with E-state index in [2.05, 4.69) is 0 Å². The summed E-state index contributed by atoms with van der Waals surface area (Å²) in [6.07, 6.45) is -5.20. The summed E-state index contributed by atoms with van der Waals surface area (Å²) in [6, 6.07) is 1.77. The molecular weight excluding hydrogens is 162 g/mol. The van der Waals surface area contributed by atoms with Crippen molar-refractivity contribution >= 4 is 0 Å². The molecule has 12 heavy (non-hydrogen) atoms. The van der Waals surface area contributed by atoms with Crippen LogP contribution in [0.15, 0.2) is 0 Å². The van der Waals surface area contributed by atoms with E-state index in [9.17, 15) is 10.2 Å². The molecule has 0 heterocycles. The highest BCUT2D eigenvalue weighted by Crippen LogP contribution is 2.29. The zero-order chi connectivity index (χ0) is 9.30. The number of nitrogens with zero attached hydrogens (tertiary/aromatic N) is 1. The van der Waals surface area contributed by atoms with Crippen molar-refractivity contribution in [1.82, 2.24) is 0 Å². The van der Waals surface area contributed by atoms with Gasteiger partial charge in [-0.1, -0.05) is 0 Å². The molecule has 1 aliphatic carbocycles. The van der Waals surface area contributed by atoms with Crippen molar-refractivity contribution in [2.45, 2.75) is 30.8 Å². The van der Waals surface area contributed by atoms with Crippen LogP contribution in [-0.4, -0.2) is 44.8 Å². The molecule has 1 rings (SSSR count). The monoisotopic (exact) mass is 173 g/mol. The summed E-state index contributed by atoms with van der Waals surface area (Å²) >= 11 is 0. The molecule has 0 amide bonds.